The van der Waals surface area contributed by atoms with Gasteiger partial charge in [0.1, 0.15) is 5.54 Å². The Kier molecular flexibility index (Phi) is 4.12. The number of aliphatic carboxylic acids is 1. The van der Waals surface area contributed by atoms with Crippen molar-refractivity contribution in [1.82, 2.24) is 4.90 Å². The number of carbonyl (C=O) groups is 2. The van der Waals surface area contributed by atoms with Crippen LogP contribution < -0.4 is 0 Å². The SMILES string of the molecule is Cc1ccc([N+](=O)[O-])cc1C(=O)N(C)C(C)(C)C(=O)O. The topological polar surface area (TPSA) is 101 Å². The second-order valence-corrected chi connectivity index (χ2v) is 4.98. The van der Waals surface area contributed by atoms with E-state index in [1.807, 2.05) is 0 Å². The fourth-order valence-corrected chi connectivity index (χ4v) is 1.53. The van der Waals surface area contributed by atoms with Crippen LogP contribution in [0.5, 0.6) is 0 Å². The number of nitro groups is 1. The minimum absolute atomic E-state index is 0.121. The fraction of sp³-hybridized carbons (Fsp3) is 0.385. The van der Waals surface area contributed by atoms with Gasteiger partial charge in [0.05, 0.1) is 4.92 Å². The Morgan fingerprint density at radius 3 is 2.35 bits per heavy atom. The maximum Gasteiger partial charge on any atom is 0.329 e. The van der Waals surface area contributed by atoms with Crippen LogP contribution in [0.15, 0.2) is 18.2 Å². The van der Waals surface area contributed by atoms with Crippen LogP contribution in [-0.2, 0) is 4.79 Å². The Bertz CT molecular complexity index is 580. The molecule has 1 N–H and O–H groups in total. The molecule has 7 heteroatoms. The second kappa shape index (κ2) is 5.28. The van der Waals surface area contributed by atoms with Crippen LogP contribution in [-0.4, -0.2) is 39.4 Å². The van der Waals surface area contributed by atoms with E-state index in [0.717, 1.165) is 11.0 Å². The minimum Gasteiger partial charge on any atom is -0.480 e. The van der Waals surface area contributed by atoms with Gasteiger partial charge in [0.2, 0.25) is 0 Å². The zero-order chi connectivity index (χ0) is 15.7. The lowest BCUT2D eigenvalue weighted by Crippen LogP contribution is -2.50. The van der Waals surface area contributed by atoms with Crippen molar-refractivity contribution in [2.45, 2.75) is 26.3 Å². The molecule has 0 fully saturated rings. The maximum atomic E-state index is 12.3. The molecule has 0 radical (unpaired) electrons. The largest absolute Gasteiger partial charge is 0.480 e. The molecular formula is C13H16N2O5. The molecule has 7 nitrogen and oxygen atoms in total. The molecule has 0 unspecified atom stereocenters. The normalized spacial score (nSPS) is 11.0. The van der Waals surface area contributed by atoms with E-state index in [-0.39, 0.29) is 11.3 Å². The van der Waals surface area contributed by atoms with Crippen molar-refractivity contribution >= 4 is 17.6 Å². The first-order valence-corrected chi connectivity index (χ1v) is 5.85. The number of carboxylic acids is 1. The molecule has 0 aliphatic rings. The molecule has 1 aromatic rings. The number of nitrogens with zero attached hydrogens (tertiary/aromatic N) is 2. The first kappa shape index (κ1) is 15.6. The molecule has 0 saturated carbocycles. The lowest BCUT2D eigenvalue weighted by atomic mass is 10.0. The van der Waals surface area contributed by atoms with Gasteiger partial charge in [-0.15, -0.1) is 0 Å². The van der Waals surface area contributed by atoms with Gasteiger partial charge in [-0.1, -0.05) is 6.07 Å². The van der Waals surface area contributed by atoms with E-state index in [1.54, 1.807) is 6.92 Å². The number of hydrogen-bond donors (Lipinski definition) is 1. The van der Waals surface area contributed by atoms with Crippen molar-refractivity contribution in [3.05, 3.63) is 39.4 Å². The summed E-state index contributed by atoms with van der Waals surface area (Å²) in [6.07, 6.45) is 0. The lowest BCUT2D eigenvalue weighted by molar-refractivity contribution is -0.384. The van der Waals surface area contributed by atoms with Gasteiger partial charge >= 0.3 is 5.97 Å². The molecule has 1 rings (SSSR count). The van der Waals surface area contributed by atoms with Gasteiger partial charge < -0.3 is 10.0 Å². The van der Waals surface area contributed by atoms with Crippen LogP contribution in [0, 0.1) is 17.0 Å². The molecule has 0 heterocycles. The van der Waals surface area contributed by atoms with Crippen molar-refractivity contribution < 1.29 is 19.6 Å². The molecule has 0 atom stereocenters. The summed E-state index contributed by atoms with van der Waals surface area (Å²) < 4.78 is 0. The van der Waals surface area contributed by atoms with E-state index < -0.39 is 22.3 Å². The standard InChI is InChI=1S/C13H16N2O5/c1-8-5-6-9(15(19)20)7-10(8)11(16)14(4)13(2,3)12(17)18/h5-7H,1-4H3,(H,17,18). The van der Waals surface area contributed by atoms with Crippen LogP contribution in [0.2, 0.25) is 0 Å². The van der Waals surface area contributed by atoms with Gasteiger partial charge in [-0.2, -0.15) is 0 Å². The summed E-state index contributed by atoms with van der Waals surface area (Å²) in [6.45, 7) is 4.42. The van der Waals surface area contributed by atoms with Crippen molar-refractivity contribution in [3.8, 4) is 0 Å². The number of aryl methyl sites for hydroxylation is 1. The molecule has 1 amide bonds. The maximum absolute atomic E-state index is 12.3. The van der Waals surface area contributed by atoms with E-state index in [0.29, 0.717) is 5.56 Å². The molecule has 1 aromatic carbocycles. The highest BCUT2D eigenvalue weighted by atomic mass is 16.6. The number of amides is 1. The Morgan fingerprint density at radius 1 is 1.35 bits per heavy atom. The van der Waals surface area contributed by atoms with Gasteiger partial charge in [-0.05, 0) is 26.3 Å². The third-order valence-corrected chi connectivity index (χ3v) is 3.33. The Labute approximate surface area is 116 Å². The number of nitro benzene ring substituents is 1. The summed E-state index contributed by atoms with van der Waals surface area (Å²) in [5, 5.41) is 19.9. The summed E-state index contributed by atoms with van der Waals surface area (Å²) in [5.74, 6) is -1.73. The van der Waals surface area contributed by atoms with Crippen molar-refractivity contribution in [1.29, 1.82) is 0 Å². The number of likely N-dealkylation sites (N-methyl/N-ethyl adjacent to an activating group) is 1. The number of carboxylic acid groups (broad SMARTS) is 1. The van der Waals surface area contributed by atoms with Crippen LogP contribution in [0.3, 0.4) is 0 Å². The van der Waals surface area contributed by atoms with Crippen molar-refractivity contribution in [2.75, 3.05) is 7.05 Å². The summed E-state index contributed by atoms with van der Waals surface area (Å²) in [4.78, 5) is 34.7. The highest BCUT2D eigenvalue weighted by Gasteiger charge is 2.36. The summed E-state index contributed by atoms with van der Waals surface area (Å²) >= 11 is 0. The summed E-state index contributed by atoms with van der Waals surface area (Å²) in [7, 11) is 1.36. The highest BCUT2D eigenvalue weighted by molar-refractivity contribution is 5.99. The van der Waals surface area contributed by atoms with Crippen LogP contribution in [0.25, 0.3) is 0 Å². The van der Waals surface area contributed by atoms with Gasteiger partial charge in [-0.25, -0.2) is 4.79 Å². The Balaban J connectivity index is 3.24. The minimum atomic E-state index is -1.41. The zero-order valence-corrected chi connectivity index (χ0v) is 11.7. The zero-order valence-electron chi connectivity index (χ0n) is 11.7. The first-order chi connectivity index (χ1) is 9.09. The Hall–Kier alpha value is -2.44. The molecule has 0 spiro atoms. The molecule has 0 aliphatic heterocycles. The molecule has 0 aromatic heterocycles. The second-order valence-electron chi connectivity index (χ2n) is 4.98. The van der Waals surface area contributed by atoms with Gasteiger partial charge in [0, 0.05) is 24.7 Å². The monoisotopic (exact) mass is 280 g/mol. The van der Waals surface area contributed by atoms with E-state index >= 15 is 0 Å². The van der Waals surface area contributed by atoms with E-state index in [4.69, 9.17) is 5.11 Å². The smallest absolute Gasteiger partial charge is 0.329 e. The first-order valence-electron chi connectivity index (χ1n) is 5.85. The average molecular weight is 280 g/mol. The predicted octanol–water partition coefficient (Wildman–Crippen LogP) is 1.84. The molecule has 0 aliphatic carbocycles. The van der Waals surface area contributed by atoms with Gasteiger partial charge in [0.15, 0.2) is 0 Å². The number of non-ortho nitro benzene ring substituents is 1. The quantitative estimate of drug-likeness (QED) is 0.669. The number of benzene rings is 1. The van der Waals surface area contributed by atoms with Crippen molar-refractivity contribution in [2.24, 2.45) is 0 Å². The fourth-order valence-electron chi connectivity index (χ4n) is 1.53. The van der Waals surface area contributed by atoms with E-state index in [9.17, 15) is 19.7 Å². The molecule has 0 saturated heterocycles. The molecule has 108 valence electrons. The summed E-state index contributed by atoms with van der Waals surface area (Å²) in [5.41, 5.74) is -0.945. The van der Waals surface area contributed by atoms with Crippen LogP contribution in [0.4, 0.5) is 5.69 Å². The predicted molar refractivity (Wildman–Crippen MR) is 71.6 cm³/mol. The molecular weight excluding hydrogens is 264 g/mol. The van der Waals surface area contributed by atoms with E-state index in [2.05, 4.69) is 0 Å². The van der Waals surface area contributed by atoms with Crippen LogP contribution in [0.1, 0.15) is 29.8 Å². The van der Waals surface area contributed by atoms with Crippen molar-refractivity contribution in [3.63, 3.8) is 0 Å². The third-order valence-electron chi connectivity index (χ3n) is 3.33. The highest BCUT2D eigenvalue weighted by Crippen LogP contribution is 2.22. The molecule has 20 heavy (non-hydrogen) atoms. The summed E-state index contributed by atoms with van der Waals surface area (Å²) in [6, 6.07) is 3.92. The number of carbonyl (C=O) groups excluding carboxylic acids is 1. The number of hydrogen-bond acceptors (Lipinski definition) is 4. The Morgan fingerprint density at radius 2 is 1.90 bits per heavy atom. The molecule has 0 bridgehead atoms. The number of rotatable bonds is 4. The van der Waals surface area contributed by atoms with E-state index in [1.165, 1.54) is 33.0 Å². The van der Waals surface area contributed by atoms with Gasteiger partial charge in [-0.3, -0.25) is 14.9 Å². The lowest BCUT2D eigenvalue weighted by Gasteiger charge is -2.31. The van der Waals surface area contributed by atoms with Crippen LogP contribution >= 0.6 is 0 Å². The van der Waals surface area contributed by atoms with Gasteiger partial charge in [0.25, 0.3) is 11.6 Å². The average Bonchev–Trinajstić information content (AvgIpc) is 2.36. The third kappa shape index (κ3) is 2.76.